The van der Waals surface area contributed by atoms with Crippen LogP contribution in [0.25, 0.3) is 0 Å². The zero-order chi connectivity index (χ0) is 13.9. The molecule has 0 radical (unpaired) electrons. The van der Waals surface area contributed by atoms with E-state index in [-0.39, 0.29) is 18.0 Å². The fourth-order valence-corrected chi connectivity index (χ4v) is 2.90. The van der Waals surface area contributed by atoms with Crippen LogP contribution in [0.3, 0.4) is 0 Å². The highest BCUT2D eigenvalue weighted by Crippen LogP contribution is 2.25. The second kappa shape index (κ2) is 6.09. The molecule has 0 aromatic carbocycles. The van der Waals surface area contributed by atoms with Crippen LogP contribution in [0.15, 0.2) is 0 Å². The van der Waals surface area contributed by atoms with Gasteiger partial charge in [0, 0.05) is 18.6 Å². The minimum atomic E-state index is -4.38. The van der Waals surface area contributed by atoms with E-state index in [1.54, 1.807) is 4.90 Å². The van der Waals surface area contributed by atoms with Crippen LogP contribution in [-0.4, -0.2) is 55.4 Å². The molecular formula is C12H19F3N2O2. The van der Waals surface area contributed by atoms with Crippen LogP contribution in [0.2, 0.25) is 0 Å². The van der Waals surface area contributed by atoms with Crippen molar-refractivity contribution < 1.29 is 22.7 Å². The molecular weight excluding hydrogens is 261 g/mol. The molecule has 2 unspecified atom stereocenters. The number of rotatable bonds is 4. The SMILES string of the molecule is O=C(COCC(F)(F)F)N1CCCC1C1CCCN1. The molecule has 0 saturated carbocycles. The van der Waals surface area contributed by atoms with Crippen molar-refractivity contribution in [2.75, 3.05) is 26.3 Å². The number of carbonyl (C=O) groups is 1. The lowest BCUT2D eigenvalue weighted by Crippen LogP contribution is -2.47. The fraction of sp³-hybridized carbons (Fsp3) is 0.917. The topological polar surface area (TPSA) is 41.6 Å². The van der Waals surface area contributed by atoms with Gasteiger partial charge in [-0.05, 0) is 32.2 Å². The van der Waals surface area contributed by atoms with E-state index in [9.17, 15) is 18.0 Å². The lowest BCUT2D eigenvalue weighted by atomic mass is 10.0. The molecule has 2 rings (SSSR count). The predicted octanol–water partition coefficient (Wildman–Crippen LogP) is 1.31. The summed E-state index contributed by atoms with van der Waals surface area (Å²) >= 11 is 0. The number of amides is 1. The monoisotopic (exact) mass is 280 g/mol. The Balaban J connectivity index is 1.80. The second-order valence-corrected chi connectivity index (χ2v) is 5.11. The third kappa shape index (κ3) is 4.07. The quantitative estimate of drug-likeness (QED) is 0.844. The second-order valence-electron chi connectivity index (χ2n) is 5.11. The molecule has 1 N–H and O–H groups in total. The number of nitrogens with one attached hydrogen (secondary N) is 1. The van der Waals surface area contributed by atoms with Gasteiger partial charge in [0.05, 0.1) is 0 Å². The van der Waals surface area contributed by atoms with Gasteiger partial charge in [-0.3, -0.25) is 4.79 Å². The molecule has 19 heavy (non-hydrogen) atoms. The summed E-state index contributed by atoms with van der Waals surface area (Å²) in [6.07, 6.45) is -0.431. The molecule has 0 aliphatic carbocycles. The van der Waals surface area contributed by atoms with Crippen LogP contribution in [0, 0.1) is 0 Å². The third-order valence-electron chi connectivity index (χ3n) is 3.67. The first-order chi connectivity index (χ1) is 8.97. The van der Waals surface area contributed by atoms with E-state index < -0.39 is 19.4 Å². The first-order valence-corrected chi connectivity index (χ1v) is 6.65. The van der Waals surface area contributed by atoms with Gasteiger partial charge in [0.1, 0.15) is 13.2 Å². The summed E-state index contributed by atoms with van der Waals surface area (Å²) in [5.74, 6) is -0.333. The summed E-state index contributed by atoms with van der Waals surface area (Å²) in [6, 6.07) is 0.401. The molecule has 4 nitrogen and oxygen atoms in total. The van der Waals surface area contributed by atoms with Crippen LogP contribution in [0.4, 0.5) is 13.2 Å². The van der Waals surface area contributed by atoms with Crippen LogP contribution in [-0.2, 0) is 9.53 Å². The molecule has 2 aliphatic rings. The van der Waals surface area contributed by atoms with Crippen molar-refractivity contribution in [3.8, 4) is 0 Å². The summed E-state index contributed by atoms with van der Waals surface area (Å²) in [6.45, 7) is -0.271. The summed E-state index contributed by atoms with van der Waals surface area (Å²) in [5.41, 5.74) is 0. The van der Waals surface area contributed by atoms with E-state index in [1.165, 1.54) is 0 Å². The fourth-order valence-electron chi connectivity index (χ4n) is 2.90. The number of alkyl halides is 3. The van der Waals surface area contributed by atoms with E-state index >= 15 is 0 Å². The van der Waals surface area contributed by atoms with Crippen molar-refractivity contribution in [2.24, 2.45) is 0 Å². The first kappa shape index (κ1) is 14.6. The summed E-state index contributed by atoms with van der Waals surface area (Å²) < 4.78 is 40.3. The molecule has 0 spiro atoms. The van der Waals surface area contributed by atoms with Gasteiger partial charge < -0.3 is 15.0 Å². The van der Waals surface area contributed by atoms with Gasteiger partial charge in [0.15, 0.2) is 0 Å². The minimum absolute atomic E-state index is 0.115. The number of likely N-dealkylation sites (tertiary alicyclic amines) is 1. The molecule has 2 heterocycles. The summed E-state index contributed by atoms with van der Waals surface area (Å²) in [7, 11) is 0. The molecule has 110 valence electrons. The van der Waals surface area contributed by atoms with Gasteiger partial charge >= 0.3 is 6.18 Å². The Morgan fingerprint density at radius 3 is 2.74 bits per heavy atom. The van der Waals surface area contributed by atoms with Crippen molar-refractivity contribution in [2.45, 2.75) is 43.9 Å². The van der Waals surface area contributed by atoms with Crippen molar-refractivity contribution in [1.82, 2.24) is 10.2 Å². The summed E-state index contributed by atoms with van der Waals surface area (Å²) in [5, 5.41) is 3.35. The minimum Gasteiger partial charge on any atom is -0.362 e. The van der Waals surface area contributed by atoms with E-state index in [2.05, 4.69) is 10.1 Å². The number of halogens is 3. The van der Waals surface area contributed by atoms with Crippen molar-refractivity contribution in [3.05, 3.63) is 0 Å². The maximum atomic E-state index is 11.9. The molecule has 2 aliphatic heterocycles. The molecule has 1 amide bonds. The highest BCUT2D eigenvalue weighted by atomic mass is 19.4. The first-order valence-electron chi connectivity index (χ1n) is 6.65. The Labute approximate surface area is 110 Å². The van der Waals surface area contributed by atoms with Crippen LogP contribution in [0.1, 0.15) is 25.7 Å². The molecule has 0 aromatic heterocycles. The highest BCUT2D eigenvalue weighted by Gasteiger charge is 2.36. The number of hydrogen-bond acceptors (Lipinski definition) is 3. The molecule has 2 atom stereocenters. The zero-order valence-electron chi connectivity index (χ0n) is 10.7. The molecule has 2 fully saturated rings. The average Bonchev–Trinajstić information content (AvgIpc) is 2.97. The van der Waals surface area contributed by atoms with Gasteiger partial charge in [0.25, 0.3) is 0 Å². The van der Waals surface area contributed by atoms with Gasteiger partial charge in [0.2, 0.25) is 5.91 Å². The zero-order valence-corrected chi connectivity index (χ0v) is 10.7. The molecule has 0 aromatic rings. The Hall–Kier alpha value is -0.820. The highest BCUT2D eigenvalue weighted by molar-refractivity contribution is 5.78. The maximum absolute atomic E-state index is 11.9. The van der Waals surface area contributed by atoms with E-state index in [0.29, 0.717) is 6.54 Å². The number of nitrogens with zero attached hydrogens (tertiary/aromatic N) is 1. The molecule has 7 heteroatoms. The smallest absolute Gasteiger partial charge is 0.362 e. The van der Waals surface area contributed by atoms with Crippen LogP contribution < -0.4 is 5.32 Å². The van der Waals surface area contributed by atoms with Crippen molar-refractivity contribution in [3.63, 3.8) is 0 Å². The number of carbonyl (C=O) groups excluding carboxylic acids is 1. The average molecular weight is 280 g/mol. The van der Waals surface area contributed by atoms with Gasteiger partial charge in [-0.25, -0.2) is 0 Å². The van der Waals surface area contributed by atoms with E-state index in [0.717, 1.165) is 32.2 Å². The van der Waals surface area contributed by atoms with Gasteiger partial charge in [-0.2, -0.15) is 13.2 Å². The standard InChI is InChI=1S/C12H19F3N2O2/c13-12(14,15)8-19-7-11(18)17-6-2-4-10(17)9-3-1-5-16-9/h9-10,16H,1-8H2. The van der Waals surface area contributed by atoms with Crippen molar-refractivity contribution >= 4 is 5.91 Å². The molecule has 2 saturated heterocycles. The Kier molecular flexibility index (Phi) is 4.67. The molecule has 0 bridgehead atoms. The van der Waals surface area contributed by atoms with Crippen LogP contribution >= 0.6 is 0 Å². The lowest BCUT2D eigenvalue weighted by Gasteiger charge is -2.29. The predicted molar refractivity (Wildman–Crippen MR) is 62.6 cm³/mol. The largest absolute Gasteiger partial charge is 0.411 e. The van der Waals surface area contributed by atoms with Gasteiger partial charge in [-0.15, -0.1) is 0 Å². The normalized spacial score (nSPS) is 28.1. The van der Waals surface area contributed by atoms with E-state index in [1.807, 2.05) is 0 Å². The summed E-state index contributed by atoms with van der Waals surface area (Å²) in [4.78, 5) is 13.6. The van der Waals surface area contributed by atoms with Crippen LogP contribution in [0.5, 0.6) is 0 Å². The van der Waals surface area contributed by atoms with Gasteiger partial charge in [-0.1, -0.05) is 0 Å². The Morgan fingerprint density at radius 2 is 2.11 bits per heavy atom. The number of ether oxygens (including phenoxy) is 1. The Morgan fingerprint density at radius 1 is 1.32 bits per heavy atom. The number of hydrogen-bond donors (Lipinski definition) is 1. The van der Waals surface area contributed by atoms with E-state index in [4.69, 9.17) is 0 Å². The Bertz CT molecular complexity index is 317. The maximum Gasteiger partial charge on any atom is 0.411 e. The van der Waals surface area contributed by atoms with Crippen molar-refractivity contribution in [1.29, 1.82) is 0 Å². The lowest BCUT2D eigenvalue weighted by molar-refractivity contribution is -0.178. The third-order valence-corrected chi connectivity index (χ3v) is 3.67.